The number of aryl methyl sites for hydroxylation is 1. The normalized spacial score (nSPS) is 19.2. The first kappa shape index (κ1) is 19.0. The maximum Gasteiger partial charge on any atom is 0.262 e. The summed E-state index contributed by atoms with van der Waals surface area (Å²) >= 11 is 1.11. The van der Waals surface area contributed by atoms with Crippen LogP contribution in [0.5, 0.6) is 0 Å². The average molecular weight is 386 g/mol. The lowest BCUT2D eigenvalue weighted by Gasteiger charge is -2.27. The van der Waals surface area contributed by atoms with Crippen molar-refractivity contribution in [3.8, 4) is 0 Å². The quantitative estimate of drug-likeness (QED) is 0.825. The Morgan fingerprint density at radius 1 is 1.37 bits per heavy atom. The molecule has 8 heteroatoms. The summed E-state index contributed by atoms with van der Waals surface area (Å²) in [6.07, 6.45) is 1.58. The van der Waals surface area contributed by atoms with Gasteiger partial charge in [0.2, 0.25) is 11.8 Å². The molecule has 0 bridgehead atoms. The van der Waals surface area contributed by atoms with Gasteiger partial charge in [-0.2, -0.15) is 0 Å². The SMILES string of the molecule is CCN1C(=O)CC(C(=O)Nc2ncc(C(=O)NC)s2)C1c1cccc(C)c1. The summed E-state index contributed by atoms with van der Waals surface area (Å²) in [4.78, 5) is 43.3. The zero-order valence-corrected chi connectivity index (χ0v) is 16.3. The number of hydrogen-bond acceptors (Lipinski definition) is 5. The van der Waals surface area contributed by atoms with Crippen LogP contribution in [0.4, 0.5) is 5.13 Å². The molecule has 1 aliphatic rings. The minimum atomic E-state index is -0.508. The first-order chi connectivity index (χ1) is 12.9. The molecule has 0 aliphatic carbocycles. The highest BCUT2D eigenvalue weighted by Crippen LogP contribution is 2.39. The standard InChI is InChI=1S/C19H22N4O3S/c1-4-23-15(24)9-13(16(23)12-7-5-6-11(2)8-12)17(25)22-19-21-10-14(27-19)18(26)20-3/h5-8,10,13,16H,4,9H2,1-3H3,(H,20,26)(H,21,22,25). The molecule has 0 spiro atoms. The number of amides is 3. The molecule has 2 N–H and O–H groups in total. The maximum atomic E-state index is 12.9. The molecule has 142 valence electrons. The molecule has 1 aromatic carbocycles. The van der Waals surface area contributed by atoms with E-state index in [0.29, 0.717) is 16.6 Å². The molecule has 27 heavy (non-hydrogen) atoms. The van der Waals surface area contributed by atoms with Crippen molar-refractivity contribution in [2.45, 2.75) is 26.3 Å². The van der Waals surface area contributed by atoms with Crippen molar-refractivity contribution in [3.05, 3.63) is 46.5 Å². The summed E-state index contributed by atoms with van der Waals surface area (Å²) in [7, 11) is 1.54. The van der Waals surface area contributed by atoms with Crippen LogP contribution in [0.2, 0.25) is 0 Å². The van der Waals surface area contributed by atoms with Crippen LogP contribution < -0.4 is 10.6 Å². The maximum absolute atomic E-state index is 12.9. The predicted octanol–water partition coefficient (Wildman–Crippen LogP) is 2.36. The van der Waals surface area contributed by atoms with Gasteiger partial charge in [-0.3, -0.25) is 14.4 Å². The number of carbonyl (C=O) groups excluding carboxylic acids is 3. The van der Waals surface area contributed by atoms with Gasteiger partial charge in [-0.15, -0.1) is 0 Å². The van der Waals surface area contributed by atoms with Crippen LogP contribution in [0.25, 0.3) is 0 Å². The van der Waals surface area contributed by atoms with E-state index in [2.05, 4.69) is 15.6 Å². The molecular weight excluding hydrogens is 364 g/mol. The van der Waals surface area contributed by atoms with Crippen molar-refractivity contribution in [3.63, 3.8) is 0 Å². The molecule has 3 amide bonds. The number of anilines is 1. The van der Waals surface area contributed by atoms with E-state index in [0.717, 1.165) is 22.5 Å². The summed E-state index contributed by atoms with van der Waals surface area (Å²) in [6.45, 7) is 4.44. The van der Waals surface area contributed by atoms with E-state index in [9.17, 15) is 14.4 Å². The number of aromatic nitrogens is 1. The molecular formula is C19H22N4O3S. The molecule has 2 heterocycles. The van der Waals surface area contributed by atoms with E-state index in [1.807, 2.05) is 38.1 Å². The highest BCUT2D eigenvalue weighted by molar-refractivity contribution is 7.17. The van der Waals surface area contributed by atoms with Crippen LogP contribution >= 0.6 is 11.3 Å². The Morgan fingerprint density at radius 3 is 2.81 bits per heavy atom. The Hall–Kier alpha value is -2.74. The van der Waals surface area contributed by atoms with Gasteiger partial charge in [0.1, 0.15) is 4.88 Å². The van der Waals surface area contributed by atoms with Crippen LogP contribution in [0.3, 0.4) is 0 Å². The van der Waals surface area contributed by atoms with E-state index in [-0.39, 0.29) is 30.2 Å². The molecule has 0 saturated carbocycles. The average Bonchev–Trinajstić information content (AvgIpc) is 3.25. The van der Waals surface area contributed by atoms with E-state index in [4.69, 9.17) is 0 Å². The van der Waals surface area contributed by atoms with E-state index in [1.165, 1.54) is 13.2 Å². The van der Waals surface area contributed by atoms with Crippen LogP contribution in [0, 0.1) is 12.8 Å². The van der Waals surface area contributed by atoms with Gasteiger partial charge in [0, 0.05) is 20.0 Å². The molecule has 1 aromatic heterocycles. The van der Waals surface area contributed by atoms with Gasteiger partial charge < -0.3 is 15.5 Å². The summed E-state index contributed by atoms with van der Waals surface area (Å²) in [5.41, 5.74) is 2.03. The molecule has 7 nitrogen and oxygen atoms in total. The van der Waals surface area contributed by atoms with E-state index < -0.39 is 5.92 Å². The van der Waals surface area contributed by atoms with Crippen molar-refractivity contribution in [1.29, 1.82) is 0 Å². The predicted molar refractivity (Wildman–Crippen MR) is 104 cm³/mol. The number of nitrogens with zero attached hydrogens (tertiary/aromatic N) is 2. The molecule has 2 aromatic rings. The third-order valence-electron chi connectivity index (χ3n) is 4.68. The fourth-order valence-electron chi connectivity index (χ4n) is 3.42. The van der Waals surface area contributed by atoms with Crippen LogP contribution in [-0.2, 0) is 9.59 Å². The molecule has 2 atom stereocenters. The fourth-order valence-corrected chi connectivity index (χ4v) is 4.19. The monoisotopic (exact) mass is 386 g/mol. The smallest absolute Gasteiger partial charge is 0.262 e. The number of hydrogen-bond donors (Lipinski definition) is 2. The minimum Gasteiger partial charge on any atom is -0.354 e. The summed E-state index contributed by atoms with van der Waals surface area (Å²) in [6, 6.07) is 7.58. The van der Waals surface area contributed by atoms with Gasteiger partial charge in [0.15, 0.2) is 5.13 Å². The Kier molecular flexibility index (Phi) is 5.55. The second-order valence-electron chi connectivity index (χ2n) is 6.45. The molecule has 1 fully saturated rings. The van der Waals surface area contributed by atoms with Crippen molar-refractivity contribution >= 4 is 34.2 Å². The lowest BCUT2D eigenvalue weighted by molar-refractivity contribution is -0.129. The van der Waals surface area contributed by atoms with Crippen molar-refractivity contribution in [2.24, 2.45) is 5.92 Å². The Labute approximate surface area is 161 Å². The first-order valence-electron chi connectivity index (χ1n) is 8.79. The van der Waals surface area contributed by atoms with Gasteiger partial charge >= 0.3 is 0 Å². The summed E-state index contributed by atoms with van der Waals surface area (Å²) in [5, 5.41) is 5.65. The van der Waals surface area contributed by atoms with E-state index in [1.54, 1.807) is 4.90 Å². The second-order valence-corrected chi connectivity index (χ2v) is 7.48. The summed E-state index contributed by atoms with van der Waals surface area (Å²) < 4.78 is 0. The number of thiazole rings is 1. The number of rotatable bonds is 5. The number of benzene rings is 1. The molecule has 2 unspecified atom stereocenters. The fraction of sp³-hybridized carbons (Fsp3) is 0.368. The van der Waals surface area contributed by atoms with Crippen LogP contribution in [0.15, 0.2) is 30.5 Å². The molecule has 1 saturated heterocycles. The first-order valence-corrected chi connectivity index (χ1v) is 9.61. The summed E-state index contributed by atoms with van der Waals surface area (Å²) in [5.74, 6) is -1.05. The van der Waals surface area contributed by atoms with Gasteiger partial charge in [-0.05, 0) is 19.4 Å². The molecule has 1 aliphatic heterocycles. The zero-order valence-electron chi connectivity index (χ0n) is 15.5. The number of carbonyl (C=O) groups is 3. The van der Waals surface area contributed by atoms with Gasteiger partial charge in [0.05, 0.1) is 18.2 Å². The number of likely N-dealkylation sites (tertiary alicyclic amines) is 1. The van der Waals surface area contributed by atoms with Gasteiger partial charge in [-0.1, -0.05) is 41.2 Å². The lowest BCUT2D eigenvalue weighted by atomic mass is 9.92. The Bertz CT molecular complexity index is 879. The van der Waals surface area contributed by atoms with Crippen LogP contribution in [0.1, 0.15) is 40.2 Å². The van der Waals surface area contributed by atoms with Gasteiger partial charge in [0.25, 0.3) is 5.91 Å². The van der Waals surface area contributed by atoms with Gasteiger partial charge in [-0.25, -0.2) is 4.98 Å². The van der Waals surface area contributed by atoms with Crippen molar-refractivity contribution in [1.82, 2.24) is 15.2 Å². The second kappa shape index (κ2) is 7.87. The molecule has 3 rings (SSSR count). The highest BCUT2D eigenvalue weighted by atomic mass is 32.1. The topological polar surface area (TPSA) is 91.4 Å². The Balaban J connectivity index is 1.84. The molecule has 0 radical (unpaired) electrons. The Morgan fingerprint density at radius 2 is 2.15 bits per heavy atom. The lowest BCUT2D eigenvalue weighted by Crippen LogP contribution is -2.32. The zero-order chi connectivity index (χ0) is 19.6. The number of nitrogens with one attached hydrogen (secondary N) is 2. The third-order valence-corrected chi connectivity index (χ3v) is 5.59. The third kappa shape index (κ3) is 3.85. The van der Waals surface area contributed by atoms with Crippen LogP contribution in [-0.4, -0.2) is 41.2 Å². The largest absolute Gasteiger partial charge is 0.354 e. The van der Waals surface area contributed by atoms with Crippen molar-refractivity contribution < 1.29 is 14.4 Å². The minimum absolute atomic E-state index is 0.0330. The highest BCUT2D eigenvalue weighted by Gasteiger charge is 2.44. The van der Waals surface area contributed by atoms with Crippen molar-refractivity contribution in [2.75, 3.05) is 18.9 Å². The van der Waals surface area contributed by atoms with E-state index >= 15 is 0 Å².